The first-order valence-corrected chi connectivity index (χ1v) is 5.61. The minimum Gasteiger partial charge on any atom is -0.451 e. The number of non-ortho nitro benzene ring substituents is 1. The molecule has 104 valence electrons. The summed E-state index contributed by atoms with van der Waals surface area (Å²) in [4.78, 5) is 9.59. The number of halogens is 2. The summed E-state index contributed by atoms with van der Waals surface area (Å²) in [5.41, 5.74) is 5.50. The van der Waals surface area contributed by atoms with Gasteiger partial charge in [-0.3, -0.25) is 10.1 Å². The number of nitrogens with two attached hydrogens (primary N) is 1. The van der Waals surface area contributed by atoms with E-state index in [1.807, 2.05) is 0 Å². The minimum absolute atomic E-state index is 0.194. The topological polar surface area (TPSA) is 78.4 Å². The van der Waals surface area contributed by atoms with Gasteiger partial charge in [-0.05, 0) is 17.7 Å². The van der Waals surface area contributed by atoms with Crippen LogP contribution in [0.4, 0.5) is 14.5 Å². The largest absolute Gasteiger partial charge is 0.451 e. The lowest BCUT2D eigenvalue weighted by molar-refractivity contribution is -0.385. The molecule has 0 aliphatic rings. The van der Waals surface area contributed by atoms with Crippen molar-refractivity contribution in [1.29, 1.82) is 0 Å². The van der Waals surface area contributed by atoms with E-state index >= 15 is 0 Å². The Bertz CT molecular complexity index is 639. The van der Waals surface area contributed by atoms with E-state index in [1.165, 1.54) is 12.1 Å². The molecule has 0 fully saturated rings. The molecule has 0 aromatic heterocycles. The Labute approximate surface area is 112 Å². The molecule has 0 atom stereocenters. The number of nitrogens with zero attached hydrogens (tertiary/aromatic N) is 1. The van der Waals surface area contributed by atoms with Gasteiger partial charge < -0.3 is 10.5 Å². The Balaban J connectivity index is 2.36. The van der Waals surface area contributed by atoms with E-state index < -0.39 is 28.0 Å². The predicted molar refractivity (Wildman–Crippen MR) is 67.4 cm³/mol. The zero-order chi connectivity index (χ0) is 14.7. The summed E-state index contributed by atoms with van der Waals surface area (Å²) in [5.74, 6) is -2.78. The highest BCUT2D eigenvalue weighted by molar-refractivity contribution is 5.42. The first kappa shape index (κ1) is 13.9. The van der Waals surface area contributed by atoms with Gasteiger partial charge >= 0.3 is 0 Å². The van der Waals surface area contributed by atoms with Crippen molar-refractivity contribution in [2.45, 2.75) is 6.54 Å². The molecule has 0 unspecified atom stereocenters. The molecule has 5 nitrogen and oxygen atoms in total. The fourth-order valence-electron chi connectivity index (χ4n) is 1.60. The van der Waals surface area contributed by atoms with Gasteiger partial charge in [0.25, 0.3) is 5.69 Å². The van der Waals surface area contributed by atoms with Crippen LogP contribution in [-0.2, 0) is 6.54 Å². The van der Waals surface area contributed by atoms with Crippen LogP contribution in [0.1, 0.15) is 5.56 Å². The minimum atomic E-state index is -1.14. The molecule has 7 heteroatoms. The van der Waals surface area contributed by atoms with Gasteiger partial charge in [-0.1, -0.05) is 12.1 Å². The van der Waals surface area contributed by atoms with E-state index in [0.717, 1.165) is 5.56 Å². The Morgan fingerprint density at radius 2 is 1.85 bits per heavy atom. The van der Waals surface area contributed by atoms with Crippen LogP contribution in [0.25, 0.3) is 0 Å². The molecular formula is C13H10F2N2O3. The van der Waals surface area contributed by atoms with Crippen molar-refractivity contribution < 1.29 is 18.4 Å². The van der Waals surface area contributed by atoms with Crippen molar-refractivity contribution in [3.05, 3.63) is 63.7 Å². The summed E-state index contributed by atoms with van der Waals surface area (Å²) in [7, 11) is 0. The van der Waals surface area contributed by atoms with Gasteiger partial charge in [-0.15, -0.1) is 0 Å². The van der Waals surface area contributed by atoms with Gasteiger partial charge in [-0.2, -0.15) is 0 Å². The lowest BCUT2D eigenvalue weighted by Crippen LogP contribution is -1.98. The number of nitro benzene ring substituents is 1. The quantitative estimate of drug-likeness (QED) is 0.689. The summed E-state index contributed by atoms with van der Waals surface area (Å²) in [6, 6.07) is 7.59. The second kappa shape index (κ2) is 5.62. The Kier molecular flexibility index (Phi) is 3.90. The van der Waals surface area contributed by atoms with Gasteiger partial charge in [0, 0.05) is 6.54 Å². The third-order valence-corrected chi connectivity index (χ3v) is 2.55. The van der Waals surface area contributed by atoms with E-state index in [4.69, 9.17) is 10.5 Å². The van der Waals surface area contributed by atoms with Crippen molar-refractivity contribution in [2.75, 3.05) is 0 Å². The fraction of sp³-hybridized carbons (Fsp3) is 0.0769. The van der Waals surface area contributed by atoms with Crippen LogP contribution in [0.3, 0.4) is 0 Å². The monoisotopic (exact) mass is 280 g/mol. The maximum Gasteiger partial charge on any atom is 0.275 e. The summed E-state index contributed by atoms with van der Waals surface area (Å²) < 4.78 is 32.4. The third-order valence-electron chi connectivity index (χ3n) is 2.55. The van der Waals surface area contributed by atoms with Gasteiger partial charge in [0.05, 0.1) is 17.1 Å². The van der Waals surface area contributed by atoms with Crippen LogP contribution < -0.4 is 10.5 Å². The summed E-state index contributed by atoms with van der Waals surface area (Å²) in [5, 5.41) is 10.5. The van der Waals surface area contributed by atoms with Crippen molar-refractivity contribution in [3.8, 4) is 11.5 Å². The molecule has 0 heterocycles. The molecule has 0 saturated heterocycles. The van der Waals surface area contributed by atoms with E-state index in [1.54, 1.807) is 12.1 Å². The maximum atomic E-state index is 13.6. The number of hydrogen-bond acceptors (Lipinski definition) is 4. The smallest absolute Gasteiger partial charge is 0.275 e. The van der Waals surface area contributed by atoms with Gasteiger partial charge in [-0.25, -0.2) is 8.78 Å². The third kappa shape index (κ3) is 2.89. The van der Waals surface area contributed by atoms with Crippen molar-refractivity contribution in [2.24, 2.45) is 5.73 Å². The summed E-state index contributed by atoms with van der Waals surface area (Å²) in [6.45, 7) is 0.252. The van der Waals surface area contributed by atoms with Gasteiger partial charge in [0.15, 0.2) is 17.4 Å². The van der Waals surface area contributed by atoms with Crippen LogP contribution in [0, 0.1) is 21.7 Å². The molecular weight excluding hydrogens is 270 g/mol. The standard InChI is InChI=1S/C13H10F2N2O3/c14-11-5-9(17(18)19)6-12(15)13(11)20-10-3-1-2-8(4-10)7-16/h1-6H,7,16H2. The highest BCUT2D eigenvalue weighted by Gasteiger charge is 2.18. The SMILES string of the molecule is NCc1cccc(Oc2c(F)cc([N+](=O)[O-])cc2F)c1. The van der Waals surface area contributed by atoms with E-state index in [-0.39, 0.29) is 12.3 Å². The molecule has 2 N–H and O–H groups in total. The molecule has 0 amide bonds. The highest BCUT2D eigenvalue weighted by atomic mass is 19.1. The molecule has 2 rings (SSSR count). The summed E-state index contributed by atoms with van der Waals surface area (Å²) >= 11 is 0. The van der Waals surface area contributed by atoms with E-state index in [0.29, 0.717) is 12.1 Å². The summed E-state index contributed by atoms with van der Waals surface area (Å²) in [6.07, 6.45) is 0. The van der Waals surface area contributed by atoms with Gasteiger partial charge in [0.2, 0.25) is 0 Å². The maximum absolute atomic E-state index is 13.6. The zero-order valence-corrected chi connectivity index (χ0v) is 10.2. The highest BCUT2D eigenvalue weighted by Crippen LogP contribution is 2.31. The second-order valence-electron chi connectivity index (χ2n) is 3.95. The molecule has 0 aliphatic heterocycles. The molecule has 2 aromatic carbocycles. The lowest BCUT2D eigenvalue weighted by Gasteiger charge is -2.08. The van der Waals surface area contributed by atoms with Crippen LogP contribution in [0.2, 0.25) is 0 Å². The first-order chi connectivity index (χ1) is 9.51. The van der Waals surface area contributed by atoms with E-state index in [2.05, 4.69) is 0 Å². The lowest BCUT2D eigenvalue weighted by atomic mass is 10.2. The average molecular weight is 280 g/mol. The normalized spacial score (nSPS) is 10.3. The van der Waals surface area contributed by atoms with Gasteiger partial charge in [0.1, 0.15) is 5.75 Å². The van der Waals surface area contributed by atoms with Crippen molar-refractivity contribution >= 4 is 5.69 Å². The van der Waals surface area contributed by atoms with Crippen molar-refractivity contribution in [3.63, 3.8) is 0 Å². The number of benzene rings is 2. The fourth-order valence-corrected chi connectivity index (χ4v) is 1.60. The molecule has 0 saturated carbocycles. The zero-order valence-electron chi connectivity index (χ0n) is 10.2. The number of rotatable bonds is 4. The Hall–Kier alpha value is -2.54. The van der Waals surface area contributed by atoms with Crippen LogP contribution in [0.15, 0.2) is 36.4 Å². The molecule has 0 aliphatic carbocycles. The van der Waals surface area contributed by atoms with E-state index in [9.17, 15) is 18.9 Å². The average Bonchev–Trinajstić information content (AvgIpc) is 2.42. The molecule has 0 radical (unpaired) electrons. The first-order valence-electron chi connectivity index (χ1n) is 5.61. The molecule has 0 bridgehead atoms. The Morgan fingerprint density at radius 3 is 2.40 bits per heavy atom. The van der Waals surface area contributed by atoms with Crippen LogP contribution in [0.5, 0.6) is 11.5 Å². The van der Waals surface area contributed by atoms with Crippen molar-refractivity contribution in [1.82, 2.24) is 0 Å². The number of ether oxygens (including phenoxy) is 1. The number of hydrogen-bond donors (Lipinski definition) is 1. The molecule has 2 aromatic rings. The second-order valence-corrected chi connectivity index (χ2v) is 3.95. The van der Waals surface area contributed by atoms with Crippen LogP contribution in [-0.4, -0.2) is 4.92 Å². The number of nitro groups is 1. The predicted octanol–water partition coefficient (Wildman–Crippen LogP) is 3.12. The van der Waals surface area contributed by atoms with Crippen LogP contribution >= 0.6 is 0 Å². The molecule has 0 spiro atoms. The Morgan fingerprint density at radius 1 is 1.20 bits per heavy atom. The molecule has 20 heavy (non-hydrogen) atoms.